The first-order chi connectivity index (χ1) is 13.1. The number of halogens is 1. The van der Waals surface area contributed by atoms with E-state index in [4.69, 9.17) is 5.73 Å². The van der Waals surface area contributed by atoms with Gasteiger partial charge < -0.3 is 10.6 Å². The summed E-state index contributed by atoms with van der Waals surface area (Å²) in [4.78, 5) is 30.4. The Balaban J connectivity index is 0.00000280. The smallest absolute Gasteiger partial charge is 0.248 e. The zero-order valence-corrected chi connectivity index (χ0v) is 16.7. The Hall–Kier alpha value is -2.61. The highest BCUT2D eigenvalue weighted by Gasteiger charge is 2.17. The first-order valence-electron chi connectivity index (χ1n) is 9.42. The molecule has 1 saturated heterocycles. The van der Waals surface area contributed by atoms with Gasteiger partial charge in [0.25, 0.3) is 0 Å². The predicted octanol–water partition coefficient (Wildman–Crippen LogP) is 2.26. The van der Waals surface area contributed by atoms with Gasteiger partial charge in [0.1, 0.15) is 12.9 Å². The van der Waals surface area contributed by atoms with Gasteiger partial charge in [0, 0.05) is 25.2 Å². The molecule has 2 amide bonds. The average Bonchev–Trinajstić information content (AvgIpc) is 2.92. The number of benzene rings is 1. The quantitative estimate of drug-likeness (QED) is 0.715. The van der Waals surface area contributed by atoms with E-state index in [0.717, 1.165) is 31.5 Å². The first-order valence-corrected chi connectivity index (χ1v) is 9.42. The molecule has 0 aliphatic carbocycles. The molecule has 0 bridgehead atoms. The van der Waals surface area contributed by atoms with Gasteiger partial charge in [-0.05, 0) is 30.9 Å². The summed E-state index contributed by atoms with van der Waals surface area (Å²) in [5, 5.41) is 6.85. The number of carbonyl (C=O) groups is 2. The third kappa shape index (κ3) is 6.23. The topological polar surface area (TPSA) is 106 Å². The molecule has 1 aliphatic heterocycles. The van der Waals surface area contributed by atoms with Crippen molar-refractivity contribution in [3.8, 4) is 0 Å². The van der Waals surface area contributed by atoms with Gasteiger partial charge in [-0.2, -0.15) is 0 Å². The van der Waals surface area contributed by atoms with Gasteiger partial charge >= 0.3 is 0 Å². The molecule has 0 saturated carbocycles. The van der Waals surface area contributed by atoms with Gasteiger partial charge in [-0.3, -0.25) is 14.9 Å². The number of aromatic nitrogens is 3. The van der Waals surface area contributed by atoms with Crippen LogP contribution < -0.4 is 11.1 Å². The highest BCUT2D eigenvalue weighted by molar-refractivity contribution is 5.89. The molecule has 1 fully saturated rings. The summed E-state index contributed by atoms with van der Waals surface area (Å²) in [5.41, 5.74) is 7.50. The molecule has 152 valence electrons. The zero-order valence-electron chi connectivity index (χ0n) is 15.8. The lowest BCUT2D eigenvalue weighted by molar-refractivity contribution is -0.132. The SMILES string of the molecule is Cl.Nc1ccccc1CCC(=O)Nc1ncn(CC(=O)N2CCCCCC2)n1. The zero-order chi connectivity index (χ0) is 19.1. The molecule has 3 N–H and O–H groups in total. The molecule has 1 aromatic heterocycles. The number of aryl methyl sites for hydroxylation is 1. The van der Waals surface area contributed by atoms with Crippen LogP contribution >= 0.6 is 12.4 Å². The molecular weight excluding hydrogens is 380 g/mol. The largest absolute Gasteiger partial charge is 0.399 e. The van der Waals surface area contributed by atoms with Crippen LogP contribution in [-0.2, 0) is 22.6 Å². The van der Waals surface area contributed by atoms with Crippen molar-refractivity contribution in [2.75, 3.05) is 24.1 Å². The molecule has 0 radical (unpaired) electrons. The van der Waals surface area contributed by atoms with Crippen molar-refractivity contribution >= 4 is 35.9 Å². The monoisotopic (exact) mass is 406 g/mol. The minimum Gasteiger partial charge on any atom is -0.399 e. The number of rotatable bonds is 6. The van der Waals surface area contributed by atoms with Crippen LogP contribution in [0.5, 0.6) is 0 Å². The summed E-state index contributed by atoms with van der Waals surface area (Å²) in [7, 11) is 0. The van der Waals surface area contributed by atoms with Crippen LogP contribution in [0.1, 0.15) is 37.7 Å². The molecule has 0 unspecified atom stereocenters. The van der Waals surface area contributed by atoms with Crippen LogP contribution in [0.4, 0.5) is 11.6 Å². The number of amides is 2. The Labute approximate surface area is 170 Å². The molecule has 1 aromatic carbocycles. The van der Waals surface area contributed by atoms with Crippen LogP contribution in [0, 0.1) is 0 Å². The number of likely N-dealkylation sites (tertiary alicyclic amines) is 1. The normalized spacial score (nSPS) is 14.1. The van der Waals surface area contributed by atoms with Crippen molar-refractivity contribution in [1.82, 2.24) is 19.7 Å². The lowest BCUT2D eigenvalue weighted by Crippen LogP contribution is -2.34. The van der Waals surface area contributed by atoms with Crippen LogP contribution in [0.2, 0.25) is 0 Å². The number of nitrogens with two attached hydrogens (primary N) is 1. The highest BCUT2D eigenvalue weighted by Crippen LogP contribution is 2.13. The summed E-state index contributed by atoms with van der Waals surface area (Å²) >= 11 is 0. The highest BCUT2D eigenvalue weighted by atomic mass is 35.5. The van der Waals surface area contributed by atoms with Crippen molar-refractivity contribution in [2.45, 2.75) is 45.1 Å². The van der Waals surface area contributed by atoms with Crippen LogP contribution in [0.25, 0.3) is 0 Å². The van der Waals surface area contributed by atoms with Crippen LogP contribution in [0.15, 0.2) is 30.6 Å². The van der Waals surface area contributed by atoms with Crippen molar-refractivity contribution in [1.29, 1.82) is 0 Å². The summed E-state index contributed by atoms with van der Waals surface area (Å²) < 4.78 is 1.47. The average molecular weight is 407 g/mol. The van der Waals surface area contributed by atoms with Gasteiger partial charge in [-0.1, -0.05) is 31.0 Å². The molecule has 0 atom stereocenters. The molecule has 2 aromatic rings. The Morgan fingerprint density at radius 1 is 1.11 bits per heavy atom. The summed E-state index contributed by atoms with van der Waals surface area (Å²) in [6.45, 7) is 1.75. The standard InChI is InChI=1S/C19H26N6O2.ClH/c20-16-8-4-3-7-15(16)9-10-17(26)22-19-21-14-25(23-19)13-18(27)24-11-5-1-2-6-12-24;/h3-4,7-8,14H,1-2,5-6,9-13,20H2,(H,22,23,26);1H. The molecule has 0 spiro atoms. The minimum absolute atomic E-state index is 0. The molecule has 28 heavy (non-hydrogen) atoms. The van der Waals surface area contributed by atoms with Gasteiger partial charge in [0.05, 0.1) is 0 Å². The van der Waals surface area contributed by atoms with E-state index in [-0.39, 0.29) is 43.1 Å². The van der Waals surface area contributed by atoms with Gasteiger partial charge in [0.2, 0.25) is 17.8 Å². The fraction of sp³-hybridized carbons (Fsp3) is 0.474. The second kappa shape index (κ2) is 10.7. The second-order valence-corrected chi connectivity index (χ2v) is 6.81. The number of hydrogen-bond acceptors (Lipinski definition) is 5. The van der Waals surface area contributed by atoms with Crippen LogP contribution in [0.3, 0.4) is 0 Å². The van der Waals surface area contributed by atoms with Crippen LogP contribution in [-0.4, -0.2) is 44.6 Å². The molecule has 1 aliphatic rings. The number of nitrogens with zero attached hydrogens (tertiary/aromatic N) is 4. The molecule has 3 rings (SSSR count). The van der Waals surface area contributed by atoms with Gasteiger partial charge in [-0.15, -0.1) is 17.5 Å². The maximum atomic E-state index is 12.4. The van der Waals surface area contributed by atoms with E-state index < -0.39 is 0 Å². The third-order valence-corrected chi connectivity index (χ3v) is 4.72. The van der Waals surface area contributed by atoms with Crippen molar-refractivity contribution in [2.24, 2.45) is 0 Å². The van der Waals surface area contributed by atoms with E-state index in [0.29, 0.717) is 12.1 Å². The van der Waals surface area contributed by atoms with Crippen molar-refractivity contribution < 1.29 is 9.59 Å². The summed E-state index contributed by atoms with van der Waals surface area (Å²) in [5.74, 6) is 0.0683. The summed E-state index contributed by atoms with van der Waals surface area (Å²) in [6.07, 6.45) is 6.77. The first kappa shape index (κ1) is 21.7. The Morgan fingerprint density at radius 2 is 1.82 bits per heavy atom. The van der Waals surface area contributed by atoms with E-state index in [1.807, 2.05) is 29.2 Å². The van der Waals surface area contributed by atoms with E-state index in [1.54, 1.807) is 0 Å². The summed E-state index contributed by atoms with van der Waals surface area (Å²) in [6, 6.07) is 7.48. The van der Waals surface area contributed by atoms with E-state index in [1.165, 1.54) is 23.9 Å². The Bertz CT molecular complexity index is 786. The molecule has 9 heteroatoms. The number of hydrogen-bond donors (Lipinski definition) is 2. The van der Waals surface area contributed by atoms with Gasteiger partial charge in [0.15, 0.2) is 0 Å². The fourth-order valence-corrected chi connectivity index (χ4v) is 3.18. The lowest BCUT2D eigenvalue weighted by Gasteiger charge is -2.19. The Morgan fingerprint density at radius 3 is 2.54 bits per heavy atom. The van der Waals surface area contributed by atoms with Gasteiger partial charge in [-0.25, -0.2) is 9.67 Å². The maximum absolute atomic E-state index is 12.4. The van der Waals surface area contributed by atoms with E-state index in [2.05, 4.69) is 15.4 Å². The second-order valence-electron chi connectivity index (χ2n) is 6.81. The Kier molecular flexibility index (Phi) is 8.25. The number of nitrogen functional groups attached to an aromatic ring is 1. The maximum Gasteiger partial charge on any atom is 0.248 e. The lowest BCUT2D eigenvalue weighted by atomic mass is 10.1. The van der Waals surface area contributed by atoms with Crippen molar-refractivity contribution in [3.63, 3.8) is 0 Å². The molecular formula is C19H27ClN6O2. The van der Waals surface area contributed by atoms with E-state index >= 15 is 0 Å². The minimum atomic E-state index is -0.185. The number of nitrogens with one attached hydrogen (secondary N) is 1. The number of para-hydroxylation sites is 1. The molecule has 2 heterocycles. The third-order valence-electron chi connectivity index (χ3n) is 4.72. The fourth-order valence-electron chi connectivity index (χ4n) is 3.18. The molecule has 8 nitrogen and oxygen atoms in total. The predicted molar refractivity (Wildman–Crippen MR) is 110 cm³/mol. The number of carbonyl (C=O) groups excluding carboxylic acids is 2. The van der Waals surface area contributed by atoms with E-state index in [9.17, 15) is 9.59 Å². The number of anilines is 2. The van der Waals surface area contributed by atoms with Crippen molar-refractivity contribution in [3.05, 3.63) is 36.2 Å².